The maximum atomic E-state index is 13.6. The van der Waals surface area contributed by atoms with Gasteiger partial charge in [0, 0.05) is 0 Å². The van der Waals surface area contributed by atoms with E-state index < -0.39 is 24.1 Å². The van der Waals surface area contributed by atoms with Crippen LogP contribution in [0.2, 0.25) is 0 Å². The lowest BCUT2D eigenvalue weighted by atomic mass is 9.79. The van der Waals surface area contributed by atoms with Gasteiger partial charge in [-0.25, -0.2) is 9.24 Å². The summed E-state index contributed by atoms with van der Waals surface area (Å²) < 4.78 is 25.2. The first-order valence-electron chi connectivity index (χ1n) is 5.79. The summed E-state index contributed by atoms with van der Waals surface area (Å²) in [6.07, 6.45) is 0. The maximum Gasteiger partial charge on any atom is 0.494 e. The van der Waals surface area contributed by atoms with Crippen molar-refractivity contribution in [1.82, 2.24) is 0 Å². The van der Waals surface area contributed by atoms with E-state index in [9.17, 15) is 4.39 Å². The smallest absolute Gasteiger partial charge is 0.399 e. The normalized spacial score (nSPS) is 20.8. The van der Waals surface area contributed by atoms with Gasteiger partial charge in [0.1, 0.15) is 5.82 Å². The minimum absolute atomic E-state index is 0.00951. The Labute approximate surface area is 107 Å². The number of rotatable bonds is 1. The molecule has 0 radical (unpaired) electrons. The van der Waals surface area contributed by atoms with Gasteiger partial charge in [0.15, 0.2) is 0 Å². The molecule has 1 aliphatic heterocycles. The molecule has 2 rings (SSSR count). The minimum atomic E-state index is -0.593. The quantitative estimate of drug-likeness (QED) is 0.562. The summed E-state index contributed by atoms with van der Waals surface area (Å²) in [5, 5.41) is 0. The van der Waals surface area contributed by atoms with Gasteiger partial charge in [0.05, 0.1) is 17.8 Å². The van der Waals surface area contributed by atoms with Gasteiger partial charge in [0.2, 0.25) is 5.69 Å². The molecule has 1 aromatic carbocycles. The second kappa shape index (κ2) is 4.08. The van der Waals surface area contributed by atoms with Gasteiger partial charge in [0.25, 0.3) is 0 Å². The van der Waals surface area contributed by atoms with Crippen LogP contribution in [0.15, 0.2) is 18.2 Å². The van der Waals surface area contributed by atoms with Gasteiger partial charge in [-0.2, -0.15) is 0 Å². The van der Waals surface area contributed by atoms with Crippen LogP contribution < -0.4 is 5.46 Å². The fourth-order valence-corrected chi connectivity index (χ4v) is 1.74. The number of benzene rings is 1. The van der Waals surface area contributed by atoms with E-state index in [2.05, 4.69) is 4.85 Å². The Balaban J connectivity index is 2.31. The largest absolute Gasteiger partial charge is 0.494 e. The molecule has 0 aliphatic carbocycles. The SMILES string of the molecule is [C-]#[N+]c1ccc(B2OC(C)(C)C(C)(C)O2)cc1F. The van der Waals surface area contributed by atoms with Crippen molar-refractivity contribution in [2.75, 3.05) is 0 Å². The monoisotopic (exact) mass is 247 g/mol. The van der Waals surface area contributed by atoms with Gasteiger partial charge in [-0.05, 0) is 39.2 Å². The minimum Gasteiger partial charge on any atom is -0.399 e. The lowest BCUT2D eigenvalue weighted by Gasteiger charge is -2.32. The molecule has 1 saturated heterocycles. The van der Waals surface area contributed by atoms with Crippen molar-refractivity contribution in [1.29, 1.82) is 0 Å². The van der Waals surface area contributed by atoms with Crippen molar-refractivity contribution in [3.05, 3.63) is 35.4 Å². The predicted molar refractivity (Wildman–Crippen MR) is 68.4 cm³/mol. The molecule has 0 atom stereocenters. The average Bonchev–Trinajstić information content (AvgIpc) is 2.48. The van der Waals surface area contributed by atoms with Crippen LogP contribution in [0.5, 0.6) is 0 Å². The van der Waals surface area contributed by atoms with Crippen molar-refractivity contribution in [2.45, 2.75) is 38.9 Å². The average molecular weight is 247 g/mol. The Bertz CT molecular complexity index is 506. The molecular formula is C13H15BFNO2. The van der Waals surface area contributed by atoms with Crippen LogP contribution in [0.25, 0.3) is 4.85 Å². The van der Waals surface area contributed by atoms with Gasteiger partial charge in [-0.1, -0.05) is 12.1 Å². The summed E-state index contributed by atoms with van der Waals surface area (Å²) in [5.74, 6) is -0.544. The molecule has 18 heavy (non-hydrogen) atoms. The van der Waals surface area contributed by atoms with Crippen molar-refractivity contribution in [2.24, 2.45) is 0 Å². The molecule has 5 heteroatoms. The van der Waals surface area contributed by atoms with Crippen molar-refractivity contribution in [3.63, 3.8) is 0 Å². The zero-order valence-corrected chi connectivity index (χ0v) is 11.0. The van der Waals surface area contributed by atoms with Crippen LogP contribution in [0, 0.1) is 12.4 Å². The lowest BCUT2D eigenvalue weighted by Crippen LogP contribution is -2.41. The zero-order valence-electron chi connectivity index (χ0n) is 11.0. The fourth-order valence-electron chi connectivity index (χ4n) is 1.74. The van der Waals surface area contributed by atoms with Crippen molar-refractivity contribution >= 4 is 18.3 Å². The van der Waals surface area contributed by atoms with E-state index in [1.165, 1.54) is 12.1 Å². The second-order valence-corrected chi connectivity index (χ2v) is 5.41. The summed E-state index contributed by atoms with van der Waals surface area (Å²) in [4.78, 5) is 3.09. The lowest BCUT2D eigenvalue weighted by molar-refractivity contribution is 0.00578. The number of halogens is 1. The molecule has 1 fully saturated rings. The number of nitrogens with zero attached hydrogens (tertiary/aromatic N) is 1. The summed E-state index contributed by atoms with van der Waals surface area (Å²) in [6.45, 7) is 14.6. The standard InChI is InChI=1S/C13H15BFNO2/c1-12(2)13(3,4)18-14(17-12)9-6-7-11(16-5)10(15)8-9/h6-8H,1-4H3. The molecule has 0 aromatic heterocycles. The van der Waals surface area contributed by atoms with Gasteiger partial charge < -0.3 is 9.31 Å². The van der Waals surface area contributed by atoms with E-state index in [1.807, 2.05) is 27.7 Å². The van der Waals surface area contributed by atoms with Gasteiger partial charge >= 0.3 is 7.12 Å². The summed E-state index contributed by atoms with van der Waals surface area (Å²) in [6, 6.07) is 4.41. The molecule has 0 saturated carbocycles. The van der Waals surface area contributed by atoms with Crippen LogP contribution in [0.3, 0.4) is 0 Å². The second-order valence-electron chi connectivity index (χ2n) is 5.41. The van der Waals surface area contributed by atoms with E-state index in [0.29, 0.717) is 5.46 Å². The molecular weight excluding hydrogens is 232 g/mol. The summed E-state index contributed by atoms with van der Waals surface area (Å²) >= 11 is 0. The first-order valence-corrected chi connectivity index (χ1v) is 5.79. The summed E-state index contributed by atoms with van der Waals surface area (Å²) in [7, 11) is -0.593. The van der Waals surface area contributed by atoms with Crippen molar-refractivity contribution < 1.29 is 13.7 Å². The number of hydrogen-bond donors (Lipinski definition) is 0. The van der Waals surface area contributed by atoms with Gasteiger partial charge in [-0.15, -0.1) is 0 Å². The van der Waals surface area contributed by atoms with Crippen LogP contribution >= 0.6 is 0 Å². The van der Waals surface area contributed by atoms with E-state index >= 15 is 0 Å². The Morgan fingerprint density at radius 1 is 1.17 bits per heavy atom. The van der Waals surface area contributed by atoms with Crippen LogP contribution in [0.4, 0.5) is 10.1 Å². The third-order valence-electron chi connectivity index (χ3n) is 3.62. The number of hydrogen-bond acceptors (Lipinski definition) is 2. The van der Waals surface area contributed by atoms with E-state index in [-0.39, 0.29) is 5.69 Å². The molecule has 0 bridgehead atoms. The van der Waals surface area contributed by atoms with Crippen molar-refractivity contribution in [3.8, 4) is 0 Å². The highest BCUT2D eigenvalue weighted by Crippen LogP contribution is 2.36. The zero-order chi connectivity index (χ0) is 13.6. The Morgan fingerprint density at radius 2 is 1.72 bits per heavy atom. The Kier molecular flexibility index (Phi) is 2.96. The van der Waals surface area contributed by atoms with Crippen LogP contribution in [-0.4, -0.2) is 18.3 Å². The Morgan fingerprint density at radius 3 is 2.17 bits per heavy atom. The predicted octanol–water partition coefficient (Wildman–Crippen LogP) is 2.68. The summed E-state index contributed by atoms with van der Waals surface area (Å²) in [5.41, 5.74) is -0.298. The van der Waals surface area contributed by atoms with E-state index in [4.69, 9.17) is 15.9 Å². The Hall–Kier alpha value is -1.38. The highest BCUT2D eigenvalue weighted by Gasteiger charge is 2.51. The third kappa shape index (κ3) is 2.02. The molecule has 0 amide bonds. The third-order valence-corrected chi connectivity index (χ3v) is 3.62. The molecule has 3 nitrogen and oxygen atoms in total. The van der Waals surface area contributed by atoms with Crippen LogP contribution in [-0.2, 0) is 9.31 Å². The highest BCUT2D eigenvalue weighted by molar-refractivity contribution is 6.62. The van der Waals surface area contributed by atoms with Gasteiger partial charge in [-0.3, -0.25) is 0 Å². The van der Waals surface area contributed by atoms with Crippen LogP contribution in [0.1, 0.15) is 27.7 Å². The fraction of sp³-hybridized carbons (Fsp3) is 0.462. The first-order chi connectivity index (χ1) is 8.27. The molecule has 0 spiro atoms. The molecule has 1 aliphatic rings. The molecule has 1 aromatic rings. The van der Waals surface area contributed by atoms with E-state index in [1.54, 1.807) is 6.07 Å². The van der Waals surface area contributed by atoms with E-state index in [0.717, 1.165) is 0 Å². The highest BCUT2D eigenvalue weighted by atomic mass is 19.1. The molecule has 0 N–H and O–H groups in total. The molecule has 0 unspecified atom stereocenters. The maximum absolute atomic E-state index is 13.6. The first kappa shape index (κ1) is 13.1. The topological polar surface area (TPSA) is 22.8 Å². The molecule has 94 valence electrons. The molecule has 1 heterocycles.